The van der Waals surface area contributed by atoms with Crippen LogP contribution in [0.15, 0.2) is 66.7 Å². The minimum Gasteiger partial charge on any atom is -0.381 e. The number of carbonyl (C=O) groups excluding carboxylic acids is 1. The first kappa shape index (κ1) is 30.3. The first-order chi connectivity index (χ1) is 20.1. The van der Waals surface area contributed by atoms with Crippen molar-refractivity contribution in [3.05, 3.63) is 72.2 Å². The van der Waals surface area contributed by atoms with E-state index < -0.39 is 5.41 Å². The highest BCUT2D eigenvalue weighted by atomic mass is 16.5. The van der Waals surface area contributed by atoms with E-state index in [2.05, 4.69) is 43.1 Å². The van der Waals surface area contributed by atoms with Gasteiger partial charge in [0.05, 0.1) is 17.7 Å². The number of aromatic nitrogens is 4. The van der Waals surface area contributed by atoms with Gasteiger partial charge in [0.2, 0.25) is 5.95 Å². The van der Waals surface area contributed by atoms with Crippen LogP contribution in [0.5, 0.6) is 0 Å². The fourth-order valence-corrected chi connectivity index (χ4v) is 4.37. The summed E-state index contributed by atoms with van der Waals surface area (Å²) in [6.07, 6.45) is 10.4. The van der Waals surface area contributed by atoms with Gasteiger partial charge in [0.25, 0.3) is 5.91 Å². The number of nitrogens with one attached hydrogen (secondary N) is 2. The molecule has 1 amide bonds. The van der Waals surface area contributed by atoms with E-state index in [0.29, 0.717) is 40.0 Å². The molecule has 1 aromatic carbocycles. The molecule has 1 aliphatic heterocycles. The predicted octanol–water partition coefficient (Wildman–Crippen LogP) is 5.88. The summed E-state index contributed by atoms with van der Waals surface area (Å²) in [4.78, 5) is 33.0. The van der Waals surface area contributed by atoms with Crippen LogP contribution in [0, 0.1) is 29.6 Å². The summed E-state index contributed by atoms with van der Waals surface area (Å²) in [6, 6.07) is 7.85. The minimum atomic E-state index is -0.581. The van der Waals surface area contributed by atoms with Gasteiger partial charge in [-0.05, 0) is 64.2 Å². The summed E-state index contributed by atoms with van der Waals surface area (Å²) in [5.41, 5.74) is 4.17. The van der Waals surface area contributed by atoms with Gasteiger partial charge in [0.1, 0.15) is 17.4 Å². The van der Waals surface area contributed by atoms with Crippen LogP contribution in [0.25, 0.3) is 11.0 Å². The average molecular weight is 567 g/mol. The molecule has 10 nitrogen and oxygen atoms in total. The first-order valence-corrected chi connectivity index (χ1v) is 14.0. The van der Waals surface area contributed by atoms with Gasteiger partial charge in [0.15, 0.2) is 5.82 Å². The number of anilines is 4. The number of fused-ring (bicyclic) bond motifs is 1. The van der Waals surface area contributed by atoms with Gasteiger partial charge in [-0.1, -0.05) is 36.4 Å². The van der Waals surface area contributed by atoms with E-state index in [1.807, 2.05) is 59.0 Å². The molecule has 0 saturated carbocycles. The van der Waals surface area contributed by atoms with E-state index >= 15 is 0 Å². The van der Waals surface area contributed by atoms with Crippen molar-refractivity contribution in [3.8, 4) is 6.07 Å². The Hall–Kier alpha value is -4.62. The topological polar surface area (TPSA) is 129 Å². The summed E-state index contributed by atoms with van der Waals surface area (Å²) < 4.78 is 5.49. The Labute approximate surface area is 247 Å². The van der Waals surface area contributed by atoms with E-state index in [0.717, 1.165) is 49.4 Å². The van der Waals surface area contributed by atoms with Crippen molar-refractivity contribution in [2.75, 3.05) is 42.3 Å². The van der Waals surface area contributed by atoms with Crippen molar-refractivity contribution in [1.29, 1.82) is 5.26 Å². The average Bonchev–Trinajstić information content (AvgIpc) is 2.99. The molecule has 10 heteroatoms. The maximum Gasteiger partial charge on any atom is 0.255 e. The molecule has 0 spiro atoms. The van der Waals surface area contributed by atoms with Crippen LogP contribution in [0.1, 0.15) is 39.2 Å². The number of amides is 1. The second kappa shape index (κ2) is 13.4. The number of hydrogen-bond acceptors (Lipinski definition) is 9. The zero-order chi connectivity index (χ0) is 30.3. The molecule has 4 rings (SSSR count). The van der Waals surface area contributed by atoms with Gasteiger partial charge in [0, 0.05) is 43.8 Å². The molecule has 0 unspecified atom stereocenters. The maximum atomic E-state index is 12.8. The van der Waals surface area contributed by atoms with E-state index in [1.54, 1.807) is 18.3 Å². The summed E-state index contributed by atoms with van der Waals surface area (Å²) in [6.45, 7) is 13.9. The largest absolute Gasteiger partial charge is 0.381 e. The van der Waals surface area contributed by atoms with Crippen molar-refractivity contribution in [3.63, 3.8) is 0 Å². The number of aryl methyl sites for hydroxylation is 1. The molecule has 2 N–H and O–H groups in total. The molecule has 218 valence electrons. The second-order valence-corrected chi connectivity index (χ2v) is 11.1. The molecule has 0 aliphatic carbocycles. The fourth-order valence-electron chi connectivity index (χ4n) is 4.37. The Kier molecular flexibility index (Phi) is 9.65. The van der Waals surface area contributed by atoms with Gasteiger partial charge in [-0.25, -0.2) is 19.9 Å². The second-order valence-electron chi connectivity index (χ2n) is 11.1. The predicted molar refractivity (Wildman–Crippen MR) is 166 cm³/mol. The zero-order valence-corrected chi connectivity index (χ0v) is 24.9. The van der Waals surface area contributed by atoms with Crippen LogP contribution in [-0.2, 0) is 9.53 Å². The van der Waals surface area contributed by atoms with E-state index in [4.69, 9.17) is 9.72 Å². The molecular formula is C32H38N8O2. The van der Waals surface area contributed by atoms with Crippen molar-refractivity contribution in [1.82, 2.24) is 19.9 Å². The van der Waals surface area contributed by atoms with E-state index in [-0.39, 0.29) is 5.91 Å². The lowest BCUT2D eigenvalue weighted by atomic mass is 9.87. The molecule has 3 heterocycles. The number of benzene rings is 1. The normalized spacial score (nSPS) is 14.5. The molecule has 0 atom stereocenters. The number of nitriles is 1. The van der Waals surface area contributed by atoms with Crippen molar-refractivity contribution in [2.24, 2.45) is 11.3 Å². The van der Waals surface area contributed by atoms with Crippen LogP contribution in [-0.4, -0.2) is 52.6 Å². The van der Waals surface area contributed by atoms with Gasteiger partial charge in [-0.15, -0.1) is 0 Å². The Morgan fingerprint density at radius 3 is 2.76 bits per heavy atom. The monoisotopic (exact) mass is 566 g/mol. The van der Waals surface area contributed by atoms with Crippen molar-refractivity contribution in [2.45, 2.75) is 40.5 Å². The Morgan fingerprint density at radius 1 is 1.26 bits per heavy atom. The lowest BCUT2D eigenvalue weighted by Crippen LogP contribution is -2.30. The number of nitrogens with zero attached hydrogens (tertiary/aromatic N) is 6. The number of allylic oxidation sites excluding steroid dienone is 3. The van der Waals surface area contributed by atoms with Gasteiger partial charge in [-0.2, -0.15) is 5.26 Å². The highest BCUT2D eigenvalue weighted by Crippen LogP contribution is 2.28. The highest BCUT2D eigenvalue weighted by molar-refractivity contribution is 6.05. The lowest BCUT2D eigenvalue weighted by Gasteiger charge is -2.27. The SMILES string of the molecule is C=C(/C=C\C=C(/C)C(C)(C)C#N)C(=O)Nc1ccc(C)c(Nc2ncnc3cnc(N(C)CC4CCOCC4)nc23)c1. The van der Waals surface area contributed by atoms with Crippen LogP contribution < -0.4 is 15.5 Å². The molecule has 42 heavy (non-hydrogen) atoms. The molecule has 0 radical (unpaired) electrons. The Morgan fingerprint density at radius 2 is 2.02 bits per heavy atom. The number of hydrogen-bond donors (Lipinski definition) is 2. The summed E-state index contributed by atoms with van der Waals surface area (Å²) in [5.74, 6) is 1.36. The quantitative estimate of drug-likeness (QED) is 0.228. The zero-order valence-electron chi connectivity index (χ0n) is 24.9. The highest BCUT2D eigenvalue weighted by Gasteiger charge is 2.19. The Balaban J connectivity index is 1.49. The van der Waals surface area contributed by atoms with Crippen molar-refractivity contribution < 1.29 is 9.53 Å². The first-order valence-electron chi connectivity index (χ1n) is 14.0. The minimum absolute atomic E-state index is 0.291. The third-order valence-corrected chi connectivity index (χ3v) is 7.53. The van der Waals surface area contributed by atoms with E-state index in [9.17, 15) is 10.1 Å². The van der Waals surface area contributed by atoms with Crippen LogP contribution >= 0.6 is 0 Å². The maximum absolute atomic E-state index is 12.8. The summed E-state index contributed by atoms with van der Waals surface area (Å²) in [7, 11) is 2.00. The molecule has 1 fully saturated rings. The van der Waals surface area contributed by atoms with Crippen LogP contribution in [0.2, 0.25) is 0 Å². The third-order valence-electron chi connectivity index (χ3n) is 7.53. The molecule has 3 aromatic rings. The molecule has 0 bridgehead atoms. The Bertz CT molecular complexity index is 1560. The van der Waals surface area contributed by atoms with Crippen LogP contribution in [0.3, 0.4) is 0 Å². The number of ether oxygens (including phenoxy) is 1. The standard InChI is InChI=1S/C32H38N8O2/c1-21-10-11-25(37-30(41)22(2)8-7-9-23(3)32(4,5)19-33)16-26(21)38-29-28-27(35-20-36-29)17-34-31(39-28)40(6)18-24-12-14-42-15-13-24/h7-11,16-17,20,24H,2,12-15,18H2,1,3-6H3,(H,37,41)(H,35,36,38)/b8-7-,23-9+. The summed E-state index contributed by atoms with van der Waals surface area (Å²) in [5, 5.41) is 15.6. The number of rotatable bonds is 10. The lowest BCUT2D eigenvalue weighted by molar-refractivity contribution is -0.112. The third kappa shape index (κ3) is 7.56. The van der Waals surface area contributed by atoms with Gasteiger partial charge < -0.3 is 20.3 Å². The van der Waals surface area contributed by atoms with E-state index in [1.165, 1.54) is 6.33 Å². The smallest absolute Gasteiger partial charge is 0.255 e. The summed E-state index contributed by atoms with van der Waals surface area (Å²) >= 11 is 0. The molecule has 2 aromatic heterocycles. The van der Waals surface area contributed by atoms with Gasteiger partial charge >= 0.3 is 0 Å². The van der Waals surface area contributed by atoms with Crippen LogP contribution in [0.4, 0.5) is 23.1 Å². The molecule has 1 aliphatic rings. The van der Waals surface area contributed by atoms with Gasteiger partial charge in [-0.3, -0.25) is 4.79 Å². The molecular weight excluding hydrogens is 528 g/mol. The number of carbonyl (C=O) groups is 1. The van der Waals surface area contributed by atoms with Crippen molar-refractivity contribution >= 4 is 40.1 Å². The molecule has 1 saturated heterocycles. The fraction of sp³-hybridized carbons (Fsp3) is 0.375.